The molecular weight excluding hydrogens is 760 g/mol. The Morgan fingerprint density at radius 1 is 0.667 bits per heavy atom. The normalized spacial score (nSPS) is 12.4. The molecule has 0 saturated carbocycles. The monoisotopic (exact) mass is 800 g/mol. The van der Waals surface area contributed by atoms with Crippen LogP contribution in [0.1, 0.15) is 40.5 Å². The number of benzene rings is 2. The van der Waals surface area contributed by atoms with Gasteiger partial charge in [0.1, 0.15) is 27.7 Å². The van der Waals surface area contributed by atoms with E-state index in [0.717, 1.165) is 0 Å². The maximum Gasteiger partial charge on any atom is 0.426 e. The highest BCUT2D eigenvalue weighted by molar-refractivity contribution is 6.72. The molecule has 6 aromatic rings. The fraction of sp³-hybridized carbons (Fsp3) is 0.278. The number of esters is 2. The van der Waals surface area contributed by atoms with Gasteiger partial charge in [0.2, 0.25) is 0 Å². The van der Waals surface area contributed by atoms with Crippen LogP contribution in [0.4, 0.5) is 0 Å². The number of aromatic nitrogens is 6. The van der Waals surface area contributed by atoms with Gasteiger partial charge in [-0.25, -0.2) is 24.2 Å². The summed E-state index contributed by atoms with van der Waals surface area (Å²) in [5, 5.41) is 0.145. The lowest BCUT2D eigenvalue weighted by molar-refractivity contribution is 0.0509. The van der Waals surface area contributed by atoms with Crippen LogP contribution in [0.25, 0.3) is 22.4 Å². The van der Waals surface area contributed by atoms with Crippen LogP contribution in [0.5, 0.6) is 11.5 Å². The Morgan fingerprint density at radius 3 is 1.44 bits per heavy atom. The molecule has 0 radical (unpaired) electrons. The van der Waals surface area contributed by atoms with E-state index in [9.17, 15) is 19.2 Å². The summed E-state index contributed by atoms with van der Waals surface area (Å²) < 4.78 is 41.1. The standard InChI is InChI=1S/C17H17N3O4.C16H14ClN3O4.C3H9B3O3/c1-4-24-16(21)15-14-9-18-11(2)10-19(14)17(22)20(15)12-5-7-13(23-3)8-6-12;1-3-24-15(21)14-12-8-18-13(17)9-19(12)16(22)20(14)10-4-6-11(23-2)7-5-10;1-4-7-5(2)9-6(3)8-4/h5-10H,4H2,1-3H3;4-9H,3H2,1-2H3;1-3H3. The van der Waals surface area contributed by atoms with E-state index in [1.54, 1.807) is 89.7 Å². The van der Waals surface area contributed by atoms with Crippen LogP contribution in [0.2, 0.25) is 25.6 Å². The SMILES string of the molecule is CB1OB(C)OB(C)O1.CCOC(=O)c1c2cnc(C)cn2c(=O)n1-c1ccc(OC)cc1.CCOC(=O)c1c2cnc(Cl)cn2c(=O)n1-c1ccc(OC)cc1. The number of ether oxygens (including phenoxy) is 4. The third-order valence-electron chi connectivity index (χ3n) is 8.25. The molecule has 4 aromatic heterocycles. The number of imidazole rings is 2. The average molecular weight is 801 g/mol. The first-order valence-corrected chi connectivity index (χ1v) is 18.2. The summed E-state index contributed by atoms with van der Waals surface area (Å²) in [6.45, 7) is 11.2. The smallest absolute Gasteiger partial charge is 0.426 e. The van der Waals surface area contributed by atoms with E-state index in [1.165, 1.54) is 36.5 Å². The van der Waals surface area contributed by atoms with Crippen LogP contribution in [0, 0.1) is 6.92 Å². The molecule has 1 fully saturated rings. The van der Waals surface area contributed by atoms with Crippen molar-refractivity contribution in [1.29, 1.82) is 0 Å². The molecule has 0 aliphatic carbocycles. The minimum atomic E-state index is -0.614. The summed E-state index contributed by atoms with van der Waals surface area (Å²) in [6, 6.07) is 13.6. The van der Waals surface area contributed by atoms with Gasteiger partial charge in [0.25, 0.3) is 0 Å². The zero-order chi connectivity index (χ0) is 41.4. The van der Waals surface area contributed by atoms with Gasteiger partial charge in [-0.2, -0.15) is 0 Å². The van der Waals surface area contributed by atoms with E-state index in [1.807, 2.05) is 20.5 Å². The van der Waals surface area contributed by atoms with Gasteiger partial charge in [-0.15, -0.1) is 0 Å². The van der Waals surface area contributed by atoms with Crippen LogP contribution in [0.15, 0.2) is 82.9 Å². The van der Waals surface area contributed by atoms with Gasteiger partial charge in [-0.05, 0) is 89.8 Å². The highest BCUT2D eigenvalue weighted by atomic mass is 35.5. The molecule has 0 bridgehead atoms. The summed E-state index contributed by atoms with van der Waals surface area (Å²) in [7, 11) is 2.70. The van der Waals surface area contributed by atoms with Crippen LogP contribution >= 0.6 is 11.6 Å². The fourth-order valence-corrected chi connectivity index (χ4v) is 6.00. The molecule has 296 valence electrons. The molecule has 17 nitrogen and oxygen atoms in total. The predicted molar refractivity (Wildman–Crippen MR) is 214 cm³/mol. The van der Waals surface area contributed by atoms with Crippen LogP contribution in [-0.4, -0.2) is 88.6 Å². The van der Waals surface area contributed by atoms with Crippen molar-refractivity contribution in [2.24, 2.45) is 0 Å². The number of carbonyl (C=O) groups is 2. The lowest BCUT2D eigenvalue weighted by atomic mass is 9.74. The van der Waals surface area contributed by atoms with E-state index < -0.39 is 17.6 Å². The molecule has 0 spiro atoms. The van der Waals surface area contributed by atoms with E-state index in [-0.39, 0.29) is 56.8 Å². The van der Waals surface area contributed by atoms with Gasteiger partial charge in [0, 0.05) is 6.20 Å². The minimum absolute atomic E-state index is 0.0937. The molecule has 2 aromatic carbocycles. The molecule has 0 N–H and O–H groups in total. The van der Waals surface area contributed by atoms with Gasteiger partial charge >= 0.3 is 44.7 Å². The Morgan fingerprint density at radius 2 is 1.05 bits per heavy atom. The van der Waals surface area contributed by atoms with Crippen molar-refractivity contribution in [3.63, 3.8) is 0 Å². The molecule has 0 atom stereocenters. The second kappa shape index (κ2) is 18.9. The Balaban J connectivity index is 0.000000179. The Hall–Kier alpha value is -5.82. The number of fused-ring (bicyclic) bond motifs is 2. The lowest BCUT2D eigenvalue weighted by Gasteiger charge is -2.25. The van der Waals surface area contributed by atoms with E-state index in [0.29, 0.717) is 39.6 Å². The average Bonchev–Trinajstić information content (AvgIpc) is 3.64. The molecule has 0 unspecified atom stereocenters. The Labute approximate surface area is 333 Å². The Bertz CT molecular complexity index is 2290. The molecular formula is C36H40B3ClN6O11. The number of halogens is 1. The number of nitrogens with zero attached hydrogens (tertiary/aromatic N) is 6. The summed E-state index contributed by atoms with van der Waals surface area (Å²) in [5.74, 6) is 0.110. The van der Waals surface area contributed by atoms with Gasteiger partial charge in [0.15, 0.2) is 11.4 Å². The topological polar surface area (TPSA) is 177 Å². The van der Waals surface area contributed by atoms with Crippen molar-refractivity contribution in [2.75, 3.05) is 27.4 Å². The zero-order valence-corrected chi connectivity index (χ0v) is 33.4. The first-order chi connectivity index (χ1) is 27.3. The molecule has 21 heteroatoms. The second-order valence-corrected chi connectivity index (χ2v) is 12.5. The van der Waals surface area contributed by atoms with Crippen molar-refractivity contribution in [1.82, 2.24) is 27.9 Å². The number of methoxy groups -OCH3 is 2. The summed E-state index contributed by atoms with van der Waals surface area (Å²) in [4.78, 5) is 58.5. The quantitative estimate of drug-likeness (QED) is 0.153. The predicted octanol–water partition coefficient (Wildman–Crippen LogP) is 4.71. The largest absolute Gasteiger partial charge is 0.497 e. The van der Waals surface area contributed by atoms with Crippen molar-refractivity contribution in [3.05, 3.63) is 117 Å². The van der Waals surface area contributed by atoms with Gasteiger partial charge in [-0.3, -0.25) is 22.9 Å². The first kappa shape index (κ1) is 42.3. The van der Waals surface area contributed by atoms with Gasteiger partial charge < -0.3 is 32.7 Å². The molecule has 1 saturated heterocycles. The van der Waals surface area contributed by atoms with Crippen LogP contribution < -0.4 is 20.9 Å². The molecule has 0 amide bonds. The second-order valence-electron chi connectivity index (χ2n) is 12.1. The Kier molecular flexibility index (Phi) is 14.0. The number of rotatable bonds is 8. The minimum Gasteiger partial charge on any atom is -0.497 e. The van der Waals surface area contributed by atoms with Crippen LogP contribution in [-0.2, 0) is 23.2 Å². The highest BCUT2D eigenvalue weighted by Gasteiger charge is 2.31. The fourth-order valence-electron chi connectivity index (χ4n) is 5.85. The highest BCUT2D eigenvalue weighted by Crippen LogP contribution is 2.21. The third-order valence-corrected chi connectivity index (χ3v) is 8.44. The molecule has 7 rings (SSSR count). The number of aryl methyl sites for hydroxylation is 1. The number of carbonyl (C=O) groups excluding carboxylic acids is 2. The zero-order valence-electron chi connectivity index (χ0n) is 32.6. The maximum atomic E-state index is 12.8. The molecule has 1 aliphatic rings. The first-order valence-electron chi connectivity index (χ1n) is 17.8. The lowest BCUT2D eigenvalue weighted by Crippen LogP contribution is -2.44. The van der Waals surface area contributed by atoms with Crippen molar-refractivity contribution >= 4 is 55.9 Å². The number of hydrogen-bond acceptors (Lipinski definition) is 13. The summed E-state index contributed by atoms with van der Waals surface area (Å²) >= 11 is 5.87. The maximum absolute atomic E-state index is 12.8. The van der Waals surface area contributed by atoms with Gasteiger partial charge in [-0.1, -0.05) is 11.6 Å². The number of hydrogen-bond donors (Lipinski definition) is 0. The molecule has 5 heterocycles. The van der Waals surface area contributed by atoms with E-state index >= 15 is 0 Å². The van der Waals surface area contributed by atoms with E-state index in [4.69, 9.17) is 44.3 Å². The van der Waals surface area contributed by atoms with Crippen molar-refractivity contribution in [3.8, 4) is 22.9 Å². The van der Waals surface area contributed by atoms with Crippen molar-refractivity contribution < 1.29 is 42.3 Å². The van der Waals surface area contributed by atoms with E-state index in [2.05, 4.69) is 9.97 Å². The van der Waals surface area contributed by atoms with Gasteiger partial charge in [0.05, 0.1) is 63.1 Å². The van der Waals surface area contributed by atoms with Crippen molar-refractivity contribution in [2.45, 2.75) is 41.2 Å². The van der Waals surface area contributed by atoms with Crippen LogP contribution in [0.3, 0.4) is 0 Å². The third kappa shape index (κ3) is 9.60. The molecule has 1 aliphatic heterocycles. The summed E-state index contributed by atoms with van der Waals surface area (Å²) in [6.07, 6.45) is 5.83. The summed E-state index contributed by atoms with van der Waals surface area (Å²) in [5.41, 5.74) is 1.89. The molecule has 57 heavy (non-hydrogen) atoms.